The first kappa shape index (κ1) is 20.5. The SMILES string of the molecule is CCOC(=O)/C(=C/C(=O)c1ccc(OC)cc1)C(OCC)=C(C#N)C#N. The topological polar surface area (TPSA) is 109 Å². The Morgan fingerprint density at radius 3 is 2.08 bits per heavy atom. The van der Waals surface area contributed by atoms with E-state index in [1.165, 1.54) is 19.2 Å². The summed E-state index contributed by atoms with van der Waals surface area (Å²) in [6.45, 7) is 3.37. The molecule has 0 aliphatic heterocycles. The average molecular weight is 354 g/mol. The molecule has 7 nitrogen and oxygen atoms in total. The maximum Gasteiger partial charge on any atom is 0.342 e. The normalized spacial score (nSPS) is 10.1. The van der Waals surface area contributed by atoms with Crippen LogP contribution in [-0.4, -0.2) is 32.1 Å². The van der Waals surface area contributed by atoms with E-state index in [1.807, 2.05) is 0 Å². The summed E-state index contributed by atoms with van der Waals surface area (Å²) in [6.07, 6.45) is 0.999. The van der Waals surface area contributed by atoms with Gasteiger partial charge in [0.25, 0.3) is 0 Å². The van der Waals surface area contributed by atoms with Crippen molar-refractivity contribution in [3.05, 3.63) is 52.8 Å². The Kier molecular flexibility index (Phi) is 8.12. The molecule has 0 saturated carbocycles. The van der Waals surface area contributed by atoms with Crippen LogP contribution in [0.15, 0.2) is 47.2 Å². The maximum absolute atomic E-state index is 12.5. The molecular weight excluding hydrogens is 336 g/mol. The molecule has 0 aliphatic carbocycles. The third kappa shape index (κ3) is 5.22. The van der Waals surface area contributed by atoms with Crippen molar-refractivity contribution < 1.29 is 23.8 Å². The number of carbonyl (C=O) groups is 2. The number of rotatable bonds is 8. The molecule has 0 saturated heterocycles. The molecular formula is C19H18N2O5. The van der Waals surface area contributed by atoms with E-state index in [1.54, 1.807) is 38.1 Å². The van der Waals surface area contributed by atoms with Crippen LogP contribution in [0.4, 0.5) is 0 Å². The van der Waals surface area contributed by atoms with Gasteiger partial charge in [-0.15, -0.1) is 0 Å². The molecule has 0 radical (unpaired) electrons. The number of hydrogen-bond acceptors (Lipinski definition) is 7. The van der Waals surface area contributed by atoms with Gasteiger partial charge in [0.05, 0.1) is 20.3 Å². The fourth-order valence-electron chi connectivity index (χ4n) is 1.95. The summed E-state index contributed by atoms with van der Waals surface area (Å²) in [5.74, 6) is -1.08. The Labute approximate surface area is 151 Å². The largest absolute Gasteiger partial charge is 0.497 e. The highest BCUT2D eigenvalue weighted by Gasteiger charge is 2.23. The highest BCUT2D eigenvalue weighted by atomic mass is 16.5. The number of nitriles is 2. The molecule has 1 rings (SSSR count). The van der Waals surface area contributed by atoms with Crippen LogP contribution in [0.1, 0.15) is 24.2 Å². The zero-order chi connectivity index (χ0) is 19.5. The zero-order valence-corrected chi connectivity index (χ0v) is 14.7. The van der Waals surface area contributed by atoms with Gasteiger partial charge in [-0.25, -0.2) is 4.79 Å². The van der Waals surface area contributed by atoms with Crippen LogP contribution in [0.25, 0.3) is 0 Å². The lowest BCUT2D eigenvalue weighted by molar-refractivity contribution is -0.138. The summed E-state index contributed by atoms with van der Waals surface area (Å²) >= 11 is 0. The summed E-state index contributed by atoms with van der Waals surface area (Å²) in [5, 5.41) is 18.2. The number of benzene rings is 1. The predicted octanol–water partition coefficient (Wildman–Crippen LogP) is 2.71. The van der Waals surface area contributed by atoms with Gasteiger partial charge in [-0.05, 0) is 38.1 Å². The van der Waals surface area contributed by atoms with Gasteiger partial charge in [0, 0.05) is 11.6 Å². The lowest BCUT2D eigenvalue weighted by atomic mass is 10.0. The van der Waals surface area contributed by atoms with Crippen molar-refractivity contribution >= 4 is 11.8 Å². The van der Waals surface area contributed by atoms with Crippen LogP contribution >= 0.6 is 0 Å². The Morgan fingerprint density at radius 2 is 1.62 bits per heavy atom. The molecule has 0 aromatic heterocycles. The minimum atomic E-state index is -0.860. The molecule has 1 aromatic carbocycles. The first-order valence-corrected chi connectivity index (χ1v) is 7.77. The summed E-state index contributed by atoms with van der Waals surface area (Å²) in [4.78, 5) is 24.8. The highest BCUT2D eigenvalue weighted by Crippen LogP contribution is 2.20. The third-order valence-electron chi connectivity index (χ3n) is 3.13. The van der Waals surface area contributed by atoms with Gasteiger partial charge < -0.3 is 14.2 Å². The van der Waals surface area contributed by atoms with Crippen molar-refractivity contribution in [2.75, 3.05) is 20.3 Å². The smallest absolute Gasteiger partial charge is 0.342 e. The van der Waals surface area contributed by atoms with E-state index in [0.29, 0.717) is 11.3 Å². The van der Waals surface area contributed by atoms with Crippen molar-refractivity contribution in [1.82, 2.24) is 0 Å². The number of nitrogens with zero attached hydrogens (tertiary/aromatic N) is 2. The van der Waals surface area contributed by atoms with E-state index in [0.717, 1.165) is 6.08 Å². The summed E-state index contributed by atoms with van der Waals surface area (Å²) < 4.78 is 15.2. The van der Waals surface area contributed by atoms with Gasteiger partial charge in [-0.3, -0.25) is 4.79 Å². The molecule has 1 aromatic rings. The first-order chi connectivity index (χ1) is 12.5. The zero-order valence-electron chi connectivity index (χ0n) is 14.7. The molecule has 0 fully saturated rings. The lowest BCUT2D eigenvalue weighted by Crippen LogP contribution is -2.15. The molecule has 0 bridgehead atoms. The highest BCUT2D eigenvalue weighted by molar-refractivity contribution is 6.10. The Balaban J connectivity index is 3.44. The Hall–Kier alpha value is -3.58. The average Bonchev–Trinajstić information content (AvgIpc) is 2.66. The molecule has 0 atom stereocenters. The van der Waals surface area contributed by atoms with Gasteiger partial charge in [-0.2, -0.15) is 10.5 Å². The quantitative estimate of drug-likeness (QED) is 0.176. The summed E-state index contributed by atoms with van der Waals surface area (Å²) in [6, 6.07) is 9.57. The van der Waals surface area contributed by atoms with E-state index >= 15 is 0 Å². The Bertz CT molecular complexity index is 792. The number of esters is 1. The van der Waals surface area contributed by atoms with Gasteiger partial charge in [0.15, 0.2) is 17.1 Å². The van der Waals surface area contributed by atoms with Crippen LogP contribution in [0.2, 0.25) is 0 Å². The van der Waals surface area contributed by atoms with Crippen molar-refractivity contribution in [2.24, 2.45) is 0 Å². The number of carbonyl (C=O) groups excluding carboxylic acids is 2. The molecule has 0 aliphatic rings. The van der Waals surface area contributed by atoms with Crippen LogP contribution in [-0.2, 0) is 14.3 Å². The Morgan fingerprint density at radius 1 is 1.04 bits per heavy atom. The molecule has 0 spiro atoms. The maximum atomic E-state index is 12.5. The number of hydrogen-bond donors (Lipinski definition) is 0. The molecule has 0 amide bonds. The van der Waals surface area contributed by atoms with Crippen LogP contribution < -0.4 is 4.74 Å². The minimum absolute atomic E-state index is 0.0563. The van der Waals surface area contributed by atoms with Gasteiger partial charge in [-0.1, -0.05) is 0 Å². The summed E-state index contributed by atoms with van der Waals surface area (Å²) in [7, 11) is 1.50. The fraction of sp³-hybridized carbons (Fsp3) is 0.263. The van der Waals surface area contributed by atoms with Crippen molar-refractivity contribution in [2.45, 2.75) is 13.8 Å². The van der Waals surface area contributed by atoms with Crippen molar-refractivity contribution in [1.29, 1.82) is 10.5 Å². The molecule has 0 N–H and O–H groups in total. The lowest BCUT2D eigenvalue weighted by Gasteiger charge is -2.12. The molecule has 134 valence electrons. The molecule has 0 heterocycles. The molecule has 26 heavy (non-hydrogen) atoms. The van der Waals surface area contributed by atoms with Gasteiger partial charge in [0.1, 0.15) is 23.5 Å². The van der Waals surface area contributed by atoms with Gasteiger partial charge >= 0.3 is 5.97 Å². The van der Waals surface area contributed by atoms with E-state index in [9.17, 15) is 9.59 Å². The van der Waals surface area contributed by atoms with E-state index in [4.69, 9.17) is 24.7 Å². The van der Waals surface area contributed by atoms with E-state index in [2.05, 4.69) is 0 Å². The molecule has 7 heteroatoms. The third-order valence-corrected chi connectivity index (χ3v) is 3.13. The first-order valence-electron chi connectivity index (χ1n) is 7.77. The summed E-state index contributed by atoms with van der Waals surface area (Å²) in [5.41, 5.74) is -0.416. The number of methoxy groups -OCH3 is 1. The fourth-order valence-corrected chi connectivity index (χ4v) is 1.95. The second-order valence-electron chi connectivity index (χ2n) is 4.73. The van der Waals surface area contributed by atoms with Crippen molar-refractivity contribution in [3.63, 3.8) is 0 Å². The van der Waals surface area contributed by atoms with Gasteiger partial charge in [0.2, 0.25) is 0 Å². The second kappa shape index (κ2) is 10.3. The molecule has 0 unspecified atom stereocenters. The van der Waals surface area contributed by atoms with Crippen LogP contribution in [0.5, 0.6) is 5.75 Å². The van der Waals surface area contributed by atoms with Crippen molar-refractivity contribution in [3.8, 4) is 17.9 Å². The monoisotopic (exact) mass is 354 g/mol. The minimum Gasteiger partial charge on any atom is -0.497 e. The van der Waals surface area contributed by atoms with Crippen LogP contribution in [0.3, 0.4) is 0 Å². The standard InChI is InChI=1S/C19H18N2O5/c1-4-25-18(14(11-20)12-21)16(19(23)26-5-2)10-17(22)13-6-8-15(24-3)9-7-13/h6-10H,4-5H2,1-3H3/b16-10+. The van der Waals surface area contributed by atoms with E-state index < -0.39 is 17.3 Å². The number of allylic oxidation sites excluding steroid dienone is 2. The number of ketones is 1. The predicted molar refractivity (Wildman–Crippen MR) is 91.9 cm³/mol. The van der Waals surface area contributed by atoms with E-state index in [-0.39, 0.29) is 24.5 Å². The number of ether oxygens (including phenoxy) is 3. The second-order valence-corrected chi connectivity index (χ2v) is 4.73. The van der Waals surface area contributed by atoms with Crippen LogP contribution in [0, 0.1) is 22.7 Å².